The maximum absolute atomic E-state index is 13.2. The van der Waals surface area contributed by atoms with E-state index in [0.717, 1.165) is 0 Å². The van der Waals surface area contributed by atoms with E-state index in [1.807, 2.05) is 4.90 Å². The second-order valence-corrected chi connectivity index (χ2v) is 7.21. The number of carbonyl (C=O) groups is 2. The summed E-state index contributed by atoms with van der Waals surface area (Å²) in [6.45, 7) is 4.23. The van der Waals surface area contributed by atoms with Crippen molar-refractivity contribution in [3.05, 3.63) is 42.1 Å². The Balaban J connectivity index is 1.34. The fraction of sp³-hybridized carbons (Fsp3) is 0.381. The number of aromatic nitrogens is 1. The summed E-state index contributed by atoms with van der Waals surface area (Å²) in [5.74, 6) is 0.0709. The number of alkyl halides is 2. The first kappa shape index (κ1) is 21.6. The summed E-state index contributed by atoms with van der Waals surface area (Å²) < 4.78 is 40.1. The number of benzene rings is 1. The van der Waals surface area contributed by atoms with Crippen molar-refractivity contribution in [1.82, 2.24) is 9.88 Å². The van der Waals surface area contributed by atoms with Crippen LogP contribution in [0.4, 0.5) is 25.1 Å². The summed E-state index contributed by atoms with van der Waals surface area (Å²) >= 11 is 0. The van der Waals surface area contributed by atoms with E-state index in [0.29, 0.717) is 56.3 Å². The van der Waals surface area contributed by atoms with Crippen LogP contribution in [0.15, 0.2) is 36.5 Å². The number of urea groups is 1. The first-order valence-corrected chi connectivity index (χ1v) is 10.2. The number of hydrogen-bond acceptors (Lipinski definition) is 7. The molecule has 1 aromatic carbocycles. The number of hydrogen-bond donors (Lipinski definition) is 1. The van der Waals surface area contributed by atoms with Gasteiger partial charge in [0.1, 0.15) is 5.82 Å². The number of anilines is 2. The van der Waals surface area contributed by atoms with Gasteiger partial charge in [0.15, 0.2) is 11.5 Å². The fourth-order valence-corrected chi connectivity index (χ4v) is 3.49. The van der Waals surface area contributed by atoms with Crippen LogP contribution in [0.25, 0.3) is 0 Å². The van der Waals surface area contributed by atoms with Gasteiger partial charge < -0.3 is 29.3 Å². The molecule has 2 aliphatic rings. The first-order valence-electron chi connectivity index (χ1n) is 10.2. The predicted octanol–water partition coefficient (Wildman–Crippen LogP) is 3.32. The summed E-state index contributed by atoms with van der Waals surface area (Å²) in [6.07, 6.45) is -1.52. The van der Waals surface area contributed by atoms with Crippen LogP contribution in [0.3, 0.4) is 0 Å². The molecule has 0 spiro atoms. The second kappa shape index (κ2) is 8.85. The smallest absolute Gasteiger partial charge is 0.462 e. The average Bonchev–Trinajstić information content (AvgIpc) is 2.91. The highest BCUT2D eigenvalue weighted by Gasteiger charge is 2.43. The molecule has 32 heavy (non-hydrogen) atoms. The van der Waals surface area contributed by atoms with Gasteiger partial charge in [0.25, 0.3) is 0 Å². The normalized spacial score (nSPS) is 17.0. The number of esters is 1. The minimum atomic E-state index is -3.71. The maximum atomic E-state index is 13.2. The number of nitrogens with zero attached hydrogens (tertiary/aromatic N) is 3. The van der Waals surface area contributed by atoms with Crippen LogP contribution in [0.1, 0.15) is 23.7 Å². The van der Waals surface area contributed by atoms with Crippen LogP contribution in [0.5, 0.6) is 11.5 Å². The Kier molecular flexibility index (Phi) is 5.97. The van der Waals surface area contributed by atoms with Gasteiger partial charge in [-0.3, -0.25) is 0 Å². The third-order valence-corrected chi connectivity index (χ3v) is 5.02. The molecule has 1 fully saturated rings. The lowest BCUT2D eigenvalue weighted by Gasteiger charge is -2.23. The van der Waals surface area contributed by atoms with Gasteiger partial charge in [-0.1, -0.05) is 0 Å². The van der Waals surface area contributed by atoms with Crippen molar-refractivity contribution in [2.75, 3.05) is 43.0 Å². The number of nitrogens with one attached hydrogen (secondary N) is 1. The number of pyridine rings is 1. The van der Waals surface area contributed by atoms with Crippen LogP contribution in [-0.4, -0.2) is 61.0 Å². The molecule has 11 heteroatoms. The third kappa shape index (κ3) is 4.82. The molecule has 2 aromatic rings. The van der Waals surface area contributed by atoms with Crippen LogP contribution < -0.4 is 19.7 Å². The van der Waals surface area contributed by atoms with Crippen molar-refractivity contribution < 1.29 is 32.6 Å². The number of rotatable bonds is 4. The molecule has 2 aliphatic heterocycles. The third-order valence-electron chi connectivity index (χ3n) is 5.02. The standard InChI is InChI=1S/C21H22F2N4O5/c1-2-30-19(28)14-4-7-18(24-13-14)26-8-3-9-27(11-10-26)20(29)25-15-5-6-16-17(12-15)32-21(22,23)31-16/h4-7,12-13H,2-3,8-11H2,1H3,(H,25,29). The number of amides is 2. The Morgan fingerprint density at radius 2 is 1.94 bits per heavy atom. The van der Waals surface area contributed by atoms with Crippen LogP contribution in [0, 0.1) is 0 Å². The minimum absolute atomic E-state index is 0.0834. The van der Waals surface area contributed by atoms with Gasteiger partial charge in [0.2, 0.25) is 0 Å². The molecule has 170 valence electrons. The highest BCUT2D eigenvalue weighted by atomic mass is 19.3. The summed E-state index contributed by atoms with van der Waals surface area (Å²) in [5.41, 5.74) is 0.709. The molecule has 1 saturated heterocycles. The minimum Gasteiger partial charge on any atom is -0.462 e. The van der Waals surface area contributed by atoms with E-state index >= 15 is 0 Å². The maximum Gasteiger partial charge on any atom is 0.586 e. The molecule has 9 nitrogen and oxygen atoms in total. The van der Waals surface area contributed by atoms with Crippen molar-refractivity contribution in [3.63, 3.8) is 0 Å². The molecule has 0 bridgehead atoms. The Morgan fingerprint density at radius 1 is 1.12 bits per heavy atom. The van der Waals surface area contributed by atoms with Gasteiger partial charge >= 0.3 is 18.3 Å². The van der Waals surface area contributed by atoms with E-state index in [1.54, 1.807) is 24.0 Å². The van der Waals surface area contributed by atoms with E-state index in [2.05, 4.69) is 19.8 Å². The largest absolute Gasteiger partial charge is 0.586 e. The Hall–Kier alpha value is -3.63. The molecular formula is C21H22F2N4O5. The molecule has 3 heterocycles. The molecule has 0 atom stereocenters. The zero-order chi connectivity index (χ0) is 22.7. The van der Waals surface area contributed by atoms with Gasteiger partial charge in [-0.15, -0.1) is 8.78 Å². The van der Waals surface area contributed by atoms with E-state index in [4.69, 9.17) is 4.74 Å². The molecule has 0 unspecified atom stereocenters. The van der Waals surface area contributed by atoms with Crippen molar-refractivity contribution in [1.29, 1.82) is 0 Å². The number of ether oxygens (including phenoxy) is 3. The number of fused-ring (bicyclic) bond motifs is 1. The average molecular weight is 448 g/mol. The number of carbonyl (C=O) groups excluding carboxylic acids is 2. The predicted molar refractivity (Wildman–Crippen MR) is 110 cm³/mol. The SMILES string of the molecule is CCOC(=O)c1ccc(N2CCCN(C(=O)Nc3ccc4c(c3)OC(F)(F)O4)CC2)nc1. The lowest BCUT2D eigenvalue weighted by Crippen LogP contribution is -2.38. The van der Waals surface area contributed by atoms with E-state index in [1.165, 1.54) is 24.4 Å². The molecule has 1 N–H and O–H groups in total. The topological polar surface area (TPSA) is 93.2 Å². The molecule has 0 aliphatic carbocycles. The summed E-state index contributed by atoms with van der Waals surface area (Å²) in [7, 11) is 0. The molecule has 0 radical (unpaired) electrons. The van der Waals surface area contributed by atoms with Gasteiger partial charge in [-0.05, 0) is 37.6 Å². The second-order valence-electron chi connectivity index (χ2n) is 7.21. The van der Waals surface area contributed by atoms with Crippen molar-refractivity contribution in [2.24, 2.45) is 0 Å². The lowest BCUT2D eigenvalue weighted by atomic mass is 10.2. The first-order chi connectivity index (χ1) is 15.3. The van der Waals surface area contributed by atoms with Crippen LogP contribution in [-0.2, 0) is 4.74 Å². The van der Waals surface area contributed by atoms with E-state index in [9.17, 15) is 18.4 Å². The van der Waals surface area contributed by atoms with Gasteiger partial charge in [-0.25, -0.2) is 14.6 Å². The van der Waals surface area contributed by atoms with Gasteiger partial charge in [0, 0.05) is 44.1 Å². The Bertz CT molecular complexity index is 1000. The van der Waals surface area contributed by atoms with Crippen LogP contribution >= 0.6 is 0 Å². The molecule has 0 saturated carbocycles. The summed E-state index contributed by atoms with van der Waals surface area (Å²) in [4.78, 5) is 32.5. The number of halogens is 2. The fourth-order valence-electron chi connectivity index (χ4n) is 3.49. The molecule has 1 aromatic heterocycles. The van der Waals surface area contributed by atoms with Gasteiger partial charge in [-0.2, -0.15) is 0 Å². The molecule has 4 rings (SSSR count). The zero-order valence-corrected chi connectivity index (χ0v) is 17.3. The lowest BCUT2D eigenvalue weighted by molar-refractivity contribution is -0.286. The van der Waals surface area contributed by atoms with E-state index < -0.39 is 12.3 Å². The van der Waals surface area contributed by atoms with Crippen molar-refractivity contribution in [2.45, 2.75) is 19.6 Å². The molecule has 2 amide bonds. The highest BCUT2D eigenvalue weighted by Crippen LogP contribution is 2.42. The van der Waals surface area contributed by atoms with Crippen LogP contribution in [0.2, 0.25) is 0 Å². The zero-order valence-electron chi connectivity index (χ0n) is 17.3. The van der Waals surface area contributed by atoms with E-state index in [-0.39, 0.29) is 17.5 Å². The van der Waals surface area contributed by atoms with Crippen molar-refractivity contribution >= 4 is 23.5 Å². The summed E-state index contributed by atoms with van der Waals surface area (Å²) in [5, 5.41) is 2.70. The van der Waals surface area contributed by atoms with Crippen molar-refractivity contribution in [3.8, 4) is 11.5 Å². The summed E-state index contributed by atoms with van der Waals surface area (Å²) in [6, 6.07) is 7.17. The monoisotopic (exact) mass is 448 g/mol. The quantitative estimate of drug-likeness (QED) is 0.718. The molecular weight excluding hydrogens is 426 g/mol. The Labute approximate surface area is 182 Å². The highest BCUT2D eigenvalue weighted by molar-refractivity contribution is 5.90. The van der Waals surface area contributed by atoms with Gasteiger partial charge in [0.05, 0.1) is 12.2 Å². The Morgan fingerprint density at radius 3 is 2.69 bits per heavy atom.